The lowest BCUT2D eigenvalue weighted by Gasteiger charge is -2.23. The molecule has 0 saturated heterocycles. The van der Waals surface area contributed by atoms with Crippen LogP contribution in [0.4, 0.5) is 14.5 Å². The summed E-state index contributed by atoms with van der Waals surface area (Å²) in [5, 5.41) is 12.4. The maximum Gasteiger partial charge on any atom is 0.387 e. The Kier molecular flexibility index (Phi) is 6.72. The third-order valence-electron chi connectivity index (χ3n) is 3.51. The Hall–Kier alpha value is -2.19. The summed E-state index contributed by atoms with van der Waals surface area (Å²) in [7, 11) is 0. The summed E-state index contributed by atoms with van der Waals surface area (Å²) in [6.07, 6.45) is 0.217. The molecule has 2 rings (SSSR count). The third-order valence-corrected chi connectivity index (χ3v) is 4.00. The molecule has 0 spiro atoms. The fourth-order valence-electron chi connectivity index (χ4n) is 2.44. The maximum absolute atomic E-state index is 12.6. The number of benzene rings is 2. The highest BCUT2D eigenvalue weighted by Crippen LogP contribution is 2.33. The van der Waals surface area contributed by atoms with Gasteiger partial charge in [0.05, 0.1) is 11.6 Å². The smallest absolute Gasteiger partial charge is 0.387 e. The molecule has 0 aromatic heterocycles. The van der Waals surface area contributed by atoms with Crippen LogP contribution in [-0.2, 0) is 0 Å². The highest BCUT2D eigenvalue weighted by molar-refractivity contribution is 9.10. The number of rotatable bonds is 8. The lowest BCUT2D eigenvalue weighted by Crippen LogP contribution is -2.19. The summed E-state index contributed by atoms with van der Waals surface area (Å²) in [5.74, 6) is -0.631. The van der Waals surface area contributed by atoms with Gasteiger partial charge in [-0.15, -0.1) is 0 Å². The zero-order chi connectivity index (χ0) is 18.4. The van der Waals surface area contributed by atoms with Crippen molar-refractivity contribution in [2.24, 2.45) is 5.73 Å². The van der Waals surface area contributed by atoms with Crippen molar-refractivity contribution in [2.75, 3.05) is 11.9 Å². The molecular formula is C17H17BrF2N2O3. The standard InChI is InChI=1S/C17H17BrF2N2O3/c18-10-5-6-12(16(21)24)14(9-10)22-13(7-8-23)11-3-1-2-4-15(11)25-17(19)20/h1-6,9,13,17,22-23H,7-8H2,(H2,21,24). The van der Waals surface area contributed by atoms with Gasteiger partial charge in [-0.05, 0) is 30.7 Å². The normalized spacial score (nSPS) is 12.0. The number of aliphatic hydroxyl groups is 1. The minimum atomic E-state index is -2.97. The predicted octanol–water partition coefficient (Wildman–Crippen LogP) is 3.69. The van der Waals surface area contributed by atoms with E-state index < -0.39 is 18.6 Å². The van der Waals surface area contributed by atoms with Crippen molar-refractivity contribution in [1.82, 2.24) is 0 Å². The van der Waals surface area contributed by atoms with Crippen molar-refractivity contribution in [3.05, 3.63) is 58.1 Å². The van der Waals surface area contributed by atoms with Gasteiger partial charge >= 0.3 is 6.61 Å². The number of aliphatic hydroxyl groups excluding tert-OH is 1. The first kappa shape index (κ1) is 19.1. The van der Waals surface area contributed by atoms with Crippen molar-refractivity contribution in [3.8, 4) is 5.75 Å². The molecular weight excluding hydrogens is 398 g/mol. The molecule has 0 aliphatic rings. The molecule has 2 aromatic rings. The molecule has 0 heterocycles. The number of hydrogen-bond donors (Lipinski definition) is 3. The number of nitrogens with one attached hydrogen (secondary N) is 1. The van der Waals surface area contributed by atoms with Gasteiger partial charge in [-0.25, -0.2) is 0 Å². The van der Waals surface area contributed by atoms with Gasteiger partial charge in [-0.3, -0.25) is 4.79 Å². The number of nitrogens with two attached hydrogens (primary N) is 1. The first-order valence-corrected chi connectivity index (χ1v) is 8.22. The van der Waals surface area contributed by atoms with Crippen molar-refractivity contribution in [1.29, 1.82) is 0 Å². The minimum absolute atomic E-state index is 0.000859. The van der Waals surface area contributed by atoms with Gasteiger partial charge in [-0.2, -0.15) is 8.78 Å². The number of carbonyl (C=O) groups is 1. The van der Waals surface area contributed by atoms with E-state index in [4.69, 9.17) is 5.73 Å². The molecule has 0 aliphatic heterocycles. The number of carbonyl (C=O) groups excluding carboxylic acids is 1. The Morgan fingerprint density at radius 2 is 2.00 bits per heavy atom. The number of hydrogen-bond acceptors (Lipinski definition) is 4. The molecule has 25 heavy (non-hydrogen) atoms. The molecule has 0 bridgehead atoms. The van der Waals surface area contributed by atoms with E-state index in [-0.39, 0.29) is 24.3 Å². The lowest BCUT2D eigenvalue weighted by molar-refractivity contribution is -0.0506. The highest BCUT2D eigenvalue weighted by atomic mass is 79.9. The largest absolute Gasteiger partial charge is 0.434 e. The fourth-order valence-corrected chi connectivity index (χ4v) is 2.81. The van der Waals surface area contributed by atoms with Crippen LogP contribution < -0.4 is 15.8 Å². The second kappa shape index (κ2) is 8.77. The highest BCUT2D eigenvalue weighted by Gasteiger charge is 2.20. The Bertz CT molecular complexity index is 744. The summed E-state index contributed by atoms with van der Waals surface area (Å²) in [6, 6.07) is 10.6. The van der Waals surface area contributed by atoms with Crippen LogP contribution in [-0.4, -0.2) is 24.2 Å². The van der Waals surface area contributed by atoms with Crippen LogP contribution in [0.2, 0.25) is 0 Å². The molecule has 8 heteroatoms. The Morgan fingerprint density at radius 1 is 1.28 bits per heavy atom. The van der Waals surface area contributed by atoms with E-state index in [1.54, 1.807) is 36.4 Å². The molecule has 1 unspecified atom stereocenters. The molecule has 0 fully saturated rings. The lowest BCUT2D eigenvalue weighted by atomic mass is 10.0. The van der Waals surface area contributed by atoms with E-state index in [0.717, 1.165) is 0 Å². The van der Waals surface area contributed by atoms with E-state index in [1.165, 1.54) is 6.07 Å². The van der Waals surface area contributed by atoms with Gasteiger partial charge in [0.1, 0.15) is 5.75 Å². The summed E-state index contributed by atoms with van der Waals surface area (Å²) in [5.41, 5.74) is 6.49. The van der Waals surface area contributed by atoms with Crippen LogP contribution >= 0.6 is 15.9 Å². The van der Waals surface area contributed by atoms with Crippen molar-refractivity contribution >= 4 is 27.5 Å². The molecule has 1 amide bonds. The van der Waals surface area contributed by atoms with Crippen LogP contribution in [0.15, 0.2) is 46.9 Å². The van der Waals surface area contributed by atoms with Gasteiger partial charge in [0.15, 0.2) is 0 Å². The van der Waals surface area contributed by atoms with Crippen molar-refractivity contribution < 1.29 is 23.4 Å². The Labute approximate surface area is 151 Å². The quantitative estimate of drug-likeness (QED) is 0.614. The van der Waals surface area contributed by atoms with Crippen LogP contribution in [0.25, 0.3) is 0 Å². The molecule has 0 saturated carbocycles. The average molecular weight is 415 g/mol. The summed E-state index contributed by atoms with van der Waals surface area (Å²) >= 11 is 3.31. The number of ether oxygens (including phenoxy) is 1. The topological polar surface area (TPSA) is 84.6 Å². The van der Waals surface area contributed by atoms with E-state index in [2.05, 4.69) is 26.0 Å². The molecule has 4 N–H and O–H groups in total. The van der Waals surface area contributed by atoms with E-state index in [0.29, 0.717) is 15.7 Å². The molecule has 134 valence electrons. The van der Waals surface area contributed by atoms with Crippen molar-refractivity contribution in [2.45, 2.75) is 19.1 Å². The van der Waals surface area contributed by atoms with Crippen molar-refractivity contribution in [3.63, 3.8) is 0 Å². The monoisotopic (exact) mass is 414 g/mol. The second-order valence-electron chi connectivity index (χ2n) is 5.18. The second-order valence-corrected chi connectivity index (χ2v) is 6.10. The molecule has 0 aliphatic carbocycles. The number of para-hydroxylation sites is 1. The SMILES string of the molecule is NC(=O)c1ccc(Br)cc1NC(CCO)c1ccccc1OC(F)F. The summed E-state index contributed by atoms with van der Waals surface area (Å²) in [6.45, 7) is -3.16. The zero-order valence-electron chi connectivity index (χ0n) is 13.1. The van der Waals surface area contributed by atoms with Gasteiger partial charge in [0, 0.05) is 22.3 Å². The summed E-state index contributed by atoms with van der Waals surface area (Å²) in [4.78, 5) is 11.6. The van der Waals surface area contributed by atoms with E-state index >= 15 is 0 Å². The molecule has 5 nitrogen and oxygen atoms in total. The Balaban J connectivity index is 2.41. The predicted molar refractivity (Wildman–Crippen MR) is 93.8 cm³/mol. The third kappa shape index (κ3) is 5.14. The summed E-state index contributed by atoms with van der Waals surface area (Å²) < 4.78 is 30.5. The van der Waals surface area contributed by atoms with Gasteiger partial charge in [0.2, 0.25) is 0 Å². The van der Waals surface area contributed by atoms with Crippen LogP contribution in [0.5, 0.6) is 5.75 Å². The van der Waals surface area contributed by atoms with Crippen LogP contribution in [0.1, 0.15) is 28.4 Å². The molecule has 0 radical (unpaired) electrons. The van der Waals surface area contributed by atoms with Gasteiger partial charge < -0.3 is 20.9 Å². The number of halogens is 3. The fraction of sp³-hybridized carbons (Fsp3) is 0.235. The van der Waals surface area contributed by atoms with Gasteiger partial charge in [0.25, 0.3) is 5.91 Å². The minimum Gasteiger partial charge on any atom is -0.434 e. The number of primary amides is 1. The average Bonchev–Trinajstić information content (AvgIpc) is 2.54. The molecule has 2 aromatic carbocycles. The first-order valence-electron chi connectivity index (χ1n) is 7.43. The van der Waals surface area contributed by atoms with E-state index in [1.807, 2.05) is 0 Å². The maximum atomic E-state index is 12.6. The number of amides is 1. The number of alkyl halides is 2. The molecule has 1 atom stereocenters. The van der Waals surface area contributed by atoms with E-state index in [9.17, 15) is 18.7 Å². The van der Waals surface area contributed by atoms with Crippen LogP contribution in [0.3, 0.4) is 0 Å². The van der Waals surface area contributed by atoms with Gasteiger partial charge in [-0.1, -0.05) is 34.1 Å². The first-order chi connectivity index (χ1) is 11.9. The van der Waals surface area contributed by atoms with Crippen LogP contribution in [0, 0.1) is 0 Å². The Morgan fingerprint density at radius 3 is 2.64 bits per heavy atom. The number of anilines is 1. The zero-order valence-corrected chi connectivity index (χ0v) is 14.7.